The van der Waals surface area contributed by atoms with Gasteiger partial charge >= 0.3 is 6.18 Å². The zero-order valence-corrected chi connectivity index (χ0v) is 9.33. The van der Waals surface area contributed by atoms with E-state index in [0.29, 0.717) is 0 Å². The molecule has 0 spiro atoms. The Hall–Kier alpha value is -2.12. The molecule has 0 radical (unpaired) electrons. The van der Waals surface area contributed by atoms with Crippen molar-refractivity contribution in [2.45, 2.75) is 12.6 Å². The van der Waals surface area contributed by atoms with Gasteiger partial charge in [-0.3, -0.25) is 0 Å². The molecule has 0 saturated heterocycles. The van der Waals surface area contributed by atoms with Crippen LogP contribution in [0, 0.1) is 0 Å². The first-order valence-electron chi connectivity index (χ1n) is 5.10. The highest BCUT2D eigenvalue weighted by atomic mass is 19.4. The Bertz CT molecular complexity index is 571. The Labute approximate surface area is 104 Å². The first kappa shape index (κ1) is 13.3. The van der Waals surface area contributed by atoms with Crippen molar-refractivity contribution in [3.8, 4) is 5.69 Å². The second-order valence-corrected chi connectivity index (χ2v) is 3.74. The summed E-state index contributed by atoms with van der Waals surface area (Å²) in [5.41, 5.74) is 3.80. The lowest BCUT2D eigenvalue weighted by Crippen LogP contribution is -2.07. The Kier molecular flexibility index (Phi) is 3.17. The number of alkyl halides is 5. The van der Waals surface area contributed by atoms with Gasteiger partial charge in [0.1, 0.15) is 5.69 Å². The molecular weight excluding hydrogens is 269 g/mol. The summed E-state index contributed by atoms with van der Waals surface area (Å²) in [6, 6.07) is 3.70. The summed E-state index contributed by atoms with van der Waals surface area (Å²) in [6.07, 6.45) is -6.32. The molecule has 2 N–H and O–H groups in total. The van der Waals surface area contributed by atoms with Gasteiger partial charge in [0.15, 0.2) is 0 Å². The molecule has 2 rings (SSSR count). The third-order valence-electron chi connectivity index (χ3n) is 2.48. The van der Waals surface area contributed by atoms with Crippen LogP contribution in [0.15, 0.2) is 30.5 Å². The number of halogens is 5. The molecular formula is C11H8F5N3. The van der Waals surface area contributed by atoms with Crippen molar-refractivity contribution in [3.63, 3.8) is 0 Å². The summed E-state index contributed by atoms with van der Waals surface area (Å²) in [6.45, 7) is 0. The van der Waals surface area contributed by atoms with E-state index in [1.807, 2.05) is 0 Å². The minimum absolute atomic E-state index is 0.0833. The Morgan fingerprint density at radius 2 is 1.68 bits per heavy atom. The number of aromatic nitrogens is 2. The predicted molar refractivity (Wildman–Crippen MR) is 57.9 cm³/mol. The average Bonchev–Trinajstić information content (AvgIpc) is 2.70. The topological polar surface area (TPSA) is 43.8 Å². The van der Waals surface area contributed by atoms with Crippen LogP contribution in [-0.2, 0) is 6.18 Å². The SMILES string of the molecule is Nc1cnn(-c2ccc(C(F)(F)F)cc2)c1C(F)F. The first-order valence-corrected chi connectivity index (χ1v) is 5.10. The standard InChI is InChI=1S/C11H8F5N3/c12-10(13)9-8(17)5-18-19(9)7-3-1-6(2-4-7)11(14,15)16/h1-5,10H,17H2. The number of nitrogen functional groups attached to an aromatic ring is 1. The van der Waals surface area contributed by atoms with Crippen LogP contribution in [0.5, 0.6) is 0 Å². The van der Waals surface area contributed by atoms with Crippen molar-refractivity contribution in [3.05, 3.63) is 41.7 Å². The fourth-order valence-electron chi connectivity index (χ4n) is 1.59. The molecule has 0 fully saturated rings. The van der Waals surface area contributed by atoms with E-state index in [1.54, 1.807) is 0 Å². The van der Waals surface area contributed by atoms with Crippen molar-refractivity contribution in [1.29, 1.82) is 0 Å². The summed E-state index contributed by atoms with van der Waals surface area (Å²) in [5.74, 6) is 0. The Morgan fingerprint density at radius 1 is 1.11 bits per heavy atom. The third-order valence-corrected chi connectivity index (χ3v) is 2.48. The number of benzene rings is 1. The van der Waals surface area contributed by atoms with Crippen LogP contribution in [0.3, 0.4) is 0 Å². The number of nitrogens with two attached hydrogens (primary N) is 1. The largest absolute Gasteiger partial charge is 0.416 e. The molecule has 8 heteroatoms. The number of anilines is 1. The van der Waals surface area contributed by atoms with Crippen LogP contribution >= 0.6 is 0 Å². The molecule has 0 bridgehead atoms. The minimum atomic E-state index is -4.48. The van der Waals surface area contributed by atoms with Crippen molar-refractivity contribution in [2.75, 3.05) is 5.73 Å². The summed E-state index contributed by atoms with van der Waals surface area (Å²) in [5, 5.41) is 3.63. The maximum atomic E-state index is 12.8. The van der Waals surface area contributed by atoms with E-state index in [1.165, 1.54) is 0 Å². The number of nitrogens with zero attached hydrogens (tertiary/aromatic N) is 2. The molecule has 0 amide bonds. The van der Waals surface area contributed by atoms with E-state index < -0.39 is 23.9 Å². The van der Waals surface area contributed by atoms with Crippen molar-refractivity contribution in [1.82, 2.24) is 9.78 Å². The number of rotatable bonds is 2. The third kappa shape index (κ3) is 2.51. The normalized spacial score (nSPS) is 12.1. The lowest BCUT2D eigenvalue weighted by atomic mass is 10.2. The van der Waals surface area contributed by atoms with Crippen LogP contribution in [0.25, 0.3) is 5.69 Å². The van der Waals surface area contributed by atoms with E-state index in [2.05, 4.69) is 5.10 Å². The molecule has 19 heavy (non-hydrogen) atoms. The second-order valence-electron chi connectivity index (χ2n) is 3.74. The van der Waals surface area contributed by atoms with Gasteiger partial charge in [0.05, 0.1) is 23.1 Å². The van der Waals surface area contributed by atoms with Gasteiger partial charge in [-0.15, -0.1) is 0 Å². The fraction of sp³-hybridized carbons (Fsp3) is 0.182. The zero-order valence-electron chi connectivity index (χ0n) is 9.33. The molecule has 0 saturated carbocycles. The average molecular weight is 277 g/mol. The molecule has 0 aliphatic rings. The van der Waals surface area contributed by atoms with Gasteiger partial charge in [0, 0.05) is 0 Å². The molecule has 3 nitrogen and oxygen atoms in total. The molecule has 1 aromatic heterocycles. The minimum Gasteiger partial charge on any atom is -0.396 e. The molecule has 1 heterocycles. The highest BCUT2D eigenvalue weighted by Crippen LogP contribution is 2.31. The molecule has 0 atom stereocenters. The quantitative estimate of drug-likeness (QED) is 0.855. The van der Waals surface area contributed by atoms with Crippen LogP contribution in [0.4, 0.5) is 27.6 Å². The van der Waals surface area contributed by atoms with Crippen molar-refractivity contribution >= 4 is 5.69 Å². The van der Waals surface area contributed by atoms with E-state index in [-0.39, 0.29) is 11.4 Å². The van der Waals surface area contributed by atoms with Gasteiger partial charge in [-0.25, -0.2) is 13.5 Å². The van der Waals surface area contributed by atoms with E-state index in [4.69, 9.17) is 5.73 Å². The van der Waals surface area contributed by atoms with Gasteiger partial charge < -0.3 is 5.73 Å². The van der Waals surface area contributed by atoms with Gasteiger partial charge in [0.25, 0.3) is 6.43 Å². The van der Waals surface area contributed by atoms with Crippen molar-refractivity contribution in [2.24, 2.45) is 0 Å². The van der Waals surface area contributed by atoms with E-state index in [9.17, 15) is 22.0 Å². The van der Waals surface area contributed by atoms with Gasteiger partial charge in [0.2, 0.25) is 0 Å². The number of hydrogen-bond donors (Lipinski definition) is 1. The number of hydrogen-bond acceptors (Lipinski definition) is 2. The fourth-order valence-corrected chi connectivity index (χ4v) is 1.59. The van der Waals surface area contributed by atoms with Crippen LogP contribution in [0.1, 0.15) is 17.7 Å². The van der Waals surface area contributed by atoms with E-state index in [0.717, 1.165) is 35.1 Å². The smallest absolute Gasteiger partial charge is 0.396 e. The Balaban J connectivity index is 2.44. The molecule has 0 aliphatic heterocycles. The summed E-state index contributed by atoms with van der Waals surface area (Å²) in [7, 11) is 0. The monoisotopic (exact) mass is 277 g/mol. The van der Waals surface area contributed by atoms with E-state index >= 15 is 0 Å². The van der Waals surface area contributed by atoms with Gasteiger partial charge in [-0.2, -0.15) is 18.3 Å². The summed E-state index contributed by atoms with van der Waals surface area (Å²) < 4.78 is 63.4. The first-order chi connectivity index (χ1) is 8.80. The molecule has 0 aliphatic carbocycles. The van der Waals surface area contributed by atoms with Gasteiger partial charge in [-0.1, -0.05) is 0 Å². The lowest BCUT2D eigenvalue weighted by Gasteiger charge is -2.10. The molecule has 1 aromatic carbocycles. The molecule has 0 unspecified atom stereocenters. The van der Waals surface area contributed by atoms with Crippen LogP contribution in [0.2, 0.25) is 0 Å². The second kappa shape index (κ2) is 4.52. The van der Waals surface area contributed by atoms with Crippen molar-refractivity contribution < 1.29 is 22.0 Å². The van der Waals surface area contributed by atoms with Crippen LogP contribution in [-0.4, -0.2) is 9.78 Å². The maximum absolute atomic E-state index is 12.8. The summed E-state index contributed by atoms with van der Waals surface area (Å²) >= 11 is 0. The molecule has 102 valence electrons. The highest BCUT2D eigenvalue weighted by molar-refractivity contribution is 5.47. The molecule has 2 aromatic rings. The Morgan fingerprint density at radius 3 is 2.16 bits per heavy atom. The maximum Gasteiger partial charge on any atom is 0.416 e. The predicted octanol–water partition coefficient (Wildman–Crippen LogP) is 3.41. The highest BCUT2D eigenvalue weighted by Gasteiger charge is 2.30. The summed E-state index contributed by atoms with van der Waals surface area (Å²) in [4.78, 5) is 0. The van der Waals surface area contributed by atoms with Gasteiger partial charge in [-0.05, 0) is 24.3 Å². The lowest BCUT2D eigenvalue weighted by molar-refractivity contribution is -0.137. The zero-order chi connectivity index (χ0) is 14.2. The van der Waals surface area contributed by atoms with Crippen LogP contribution < -0.4 is 5.73 Å².